The minimum Gasteiger partial charge on any atom is -0.350 e. The number of carbonyl (C=O) groups is 1. The normalized spacial score (nSPS) is 18.1. The van der Waals surface area contributed by atoms with Gasteiger partial charge in [-0.05, 0) is 37.0 Å². The number of hydrogen-bond donors (Lipinski definition) is 2. The molecule has 0 unspecified atom stereocenters. The summed E-state index contributed by atoms with van der Waals surface area (Å²) in [4.78, 5) is 12.1. The summed E-state index contributed by atoms with van der Waals surface area (Å²) in [5.74, 6) is -0.361. The fraction of sp³-hybridized carbons (Fsp3) is 0.533. The summed E-state index contributed by atoms with van der Waals surface area (Å²) in [6, 6.07) is 5.00. The van der Waals surface area contributed by atoms with Crippen molar-refractivity contribution in [3.63, 3.8) is 0 Å². The maximum absolute atomic E-state index is 13.4. The van der Waals surface area contributed by atoms with E-state index in [1.807, 2.05) is 6.07 Å². The van der Waals surface area contributed by atoms with E-state index in [-0.39, 0.29) is 11.7 Å². The lowest BCUT2D eigenvalue weighted by atomic mass is 9.82. The Morgan fingerprint density at radius 3 is 2.68 bits per heavy atom. The zero-order valence-corrected chi connectivity index (χ0v) is 11.3. The Kier molecular flexibility index (Phi) is 4.20. The van der Waals surface area contributed by atoms with Crippen molar-refractivity contribution < 1.29 is 9.18 Å². The Bertz CT molecular complexity index is 467. The van der Waals surface area contributed by atoms with Gasteiger partial charge in [0.15, 0.2) is 0 Å². The van der Waals surface area contributed by atoms with Crippen molar-refractivity contribution >= 4 is 5.91 Å². The van der Waals surface area contributed by atoms with Crippen LogP contribution in [0.1, 0.15) is 43.2 Å². The second-order valence-corrected chi connectivity index (χ2v) is 5.48. The smallest absolute Gasteiger partial charge is 0.240 e. The summed E-state index contributed by atoms with van der Waals surface area (Å²) in [5, 5.41) is 2.83. The molecule has 0 radical (unpaired) electrons. The standard InChI is InChI=1S/C15H21FN2O/c1-11-5-6-12(9-13(11)16)10-18-14(19)15(17)7-3-2-4-8-15/h5-6,9H,2-4,7-8,10,17H2,1H3,(H,18,19). The van der Waals surface area contributed by atoms with Crippen LogP contribution in [0.2, 0.25) is 0 Å². The van der Waals surface area contributed by atoms with Gasteiger partial charge in [0.05, 0.1) is 5.54 Å². The topological polar surface area (TPSA) is 55.1 Å². The summed E-state index contributed by atoms with van der Waals surface area (Å²) in [5.41, 5.74) is 6.77. The lowest BCUT2D eigenvalue weighted by Gasteiger charge is -2.31. The molecule has 2 rings (SSSR count). The second kappa shape index (κ2) is 5.70. The number of nitrogens with two attached hydrogens (primary N) is 1. The average molecular weight is 264 g/mol. The average Bonchev–Trinajstić information content (AvgIpc) is 2.40. The Balaban J connectivity index is 1.94. The number of benzene rings is 1. The van der Waals surface area contributed by atoms with Crippen LogP contribution in [0.3, 0.4) is 0 Å². The van der Waals surface area contributed by atoms with Gasteiger partial charge in [-0.3, -0.25) is 4.79 Å². The number of rotatable bonds is 3. The Morgan fingerprint density at radius 1 is 1.37 bits per heavy atom. The quantitative estimate of drug-likeness (QED) is 0.881. The molecule has 1 aromatic carbocycles. The van der Waals surface area contributed by atoms with Crippen molar-refractivity contribution in [2.24, 2.45) is 5.73 Å². The predicted molar refractivity (Wildman–Crippen MR) is 73.0 cm³/mol. The van der Waals surface area contributed by atoms with Crippen molar-refractivity contribution in [3.05, 3.63) is 35.1 Å². The lowest BCUT2D eigenvalue weighted by molar-refractivity contribution is -0.127. The molecule has 0 aliphatic heterocycles. The van der Waals surface area contributed by atoms with Gasteiger partial charge in [-0.25, -0.2) is 4.39 Å². The second-order valence-electron chi connectivity index (χ2n) is 5.48. The molecular formula is C15H21FN2O. The molecule has 19 heavy (non-hydrogen) atoms. The molecule has 1 fully saturated rings. The maximum atomic E-state index is 13.4. The van der Waals surface area contributed by atoms with Crippen molar-refractivity contribution in [2.45, 2.75) is 51.1 Å². The minimum absolute atomic E-state index is 0.117. The van der Waals surface area contributed by atoms with E-state index in [4.69, 9.17) is 5.73 Å². The molecule has 4 heteroatoms. The Hall–Kier alpha value is -1.42. The van der Waals surface area contributed by atoms with E-state index in [0.29, 0.717) is 12.1 Å². The monoisotopic (exact) mass is 264 g/mol. The number of aryl methyl sites for hydroxylation is 1. The molecule has 1 saturated carbocycles. The Labute approximate surface area is 113 Å². The molecule has 3 nitrogen and oxygen atoms in total. The summed E-state index contributed by atoms with van der Waals surface area (Å²) in [6.07, 6.45) is 4.63. The van der Waals surface area contributed by atoms with Gasteiger partial charge < -0.3 is 11.1 Å². The highest BCUT2D eigenvalue weighted by molar-refractivity contribution is 5.86. The van der Waals surface area contributed by atoms with Gasteiger partial charge in [0.2, 0.25) is 5.91 Å². The highest BCUT2D eigenvalue weighted by atomic mass is 19.1. The van der Waals surface area contributed by atoms with E-state index in [1.165, 1.54) is 6.07 Å². The van der Waals surface area contributed by atoms with E-state index in [9.17, 15) is 9.18 Å². The van der Waals surface area contributed by atoms with Crippen LogP contribution < -0.4 is 11.1 Å². The van der Waals surface area contributed by atoms with E-state index in [2.05, 4.69) is 5.32 Å². The van der Waals surface area contributed by atoms with Gasteiger partial charge in [0.25, 0.3) is 0 Å². The zero-order valence-electron chi connectivity index (χ0n) is 11.3. The lowest BCUT2D eigenvalue weighted by Crippen LogP contribution is -2.54. The van der Waals surface area contributed by atoms with Crippen LogP contribution in [0, 0.1) is 12.7 Å². The van der Waals surface area contributed by atoms with Crippen LogP contribution in [0.4, 0.5) is 4.39 Å². The summed E-state index contributed by atoms with van der Waals surface area (Å²) in [6.45, 7) is 2.05. The molecule has 1 aliphatic carbocycles. The number of carbonyl (C=O) groups excluding carboxylic acids is 1. The molecule has 0 bridgehead atoms. The molecule has 0 spiro atoms. The molecule has 1 aliphatic rings. The third kappa shape index (κ3) is 3.32. The van der Waals surface area contributed by atoms with Gasteiger partial charge in [0, 0.05) is 6.54 Å². The van der Waals surface area contributed by atoms with Crippen molar-refractivity contribution in [2.75, 3.05) is 0 Å². The first-order valence-electron chi connectivity index (χ1n) is 6.83. The molecule has 3 N–H and O–H groups in total. The summed E-state index contributed by atoms with van der Waals surface area (Å²) >= 11 is 0. The fourth-order valence-corrected chi connectivity index (χ4v) is 2.51. The van der Waals surface area contributed by atoms with Crippen LogP contribution >= 0.6 is 0 Å². The third-order valence-corrected chi connectivity index (χ3v) is 3.89. The van der Waals surface area contributed by atoms with Crippen LogP contribution in [0.25, 0.3) is 0 Å². The van der Waals surface area contributed by atoms with Gasteiger partial charge in [-0.1, -0.05) is 31.4 Å². The van der Waals surface area contributed by atoms with E-state index in [0.717, 1.165) is 37.7 Å². The zero-order chi connectivity index (χ0) is 13.9. The largest absolute Gasteiger partial charge is 0.350 e. The minimum atomic E-state index is -0.735. The highest BCUT2D eigenvalue weighted by Crippen LogP contribution is 2.26. The van der Waals surface area contributed by atoms with Crippen molar-refractivity contribution in [3.8, 4) is 0 Å². The highest BCUT2D eigenvalue weighted by Gasteiger charge is 2.34. The molecule has 104 valence electrons. The molecular weight excluding hydrogens is 243 g/mol. The van der Waals surface area contributed by atoms with Crippen LogP contribution in [0.5, 0.6) is 0 Å². The molecule has 0 atom stereocenters. The van der Waals surface area contributed by atoms with Crippen molar-refractivity contribution in [1.29, 1.82) is 0 Å². The fourth-order valence-electron chi connectivity index (χ4n) is 2.51. The number of nitrogens with one attached hydrogen (secondary N) is 1. The van der Waals surface area contributed by atoms with E-state index < -0.39 is 5.54 Å². The van der Waals surface area contributed by atoms with Gasteiger partial charge >= 0.3 is 0 Å². The third-order valence-electron chi connectivity index (χ3n) is 3.89. The first-order chi connectivity index (χ1) is 9.01. The van der Waals surface area contributed by atoms with E-state index >= 15 is 0 Å². The first-order valence-corrected chi connectivity index (χ1v) is 6.83. The Morgan fingerprint density at radius 2 is 2.05 bits per heavy atom. The van der Waals surface area contributed by atoms with Gasteiger partial charge in [-0.15, -0.1) is 0 Å². The van der Waals surface area contributed by atoms with E-state index in [1.54, 1.807) is 13.0 Å². The van der Waals surface area contributed by atoms with Crippen LogP contribution in [-0.4, -0.2) is 11.4 Å². The number of halogens is 1. The molecule has 1 aromatic rings. The molecule has 0 saturated heterocycles. The van der Waals surface area contributed by atoms with Crippen LogP contribution in [0.15, 0.2) is 18.2 Å². The van der Waals surface area contributed by atoms with Crippen molar-refractivity contribution in [1.82, 2.24) is 5.32 Å². The predicted octanol–water partition coefficient (Wildman–Crippen LogP) is 2.41. The summed E-state index contributed by atoms with van der Waals surface area (Å²) in [7, 11) is 0. The molecule has 0 aromatic heterocycles. The van der Waals surface area contributed by atoms with Gasteiger partial charge in [-0.2, -0.15) is 0 Å². The van der Waals surface area contributed by atoms with Crippen LogP contribution in [-0.2, 0) is 11.3 Å². The first kappa shape index (κ1) is 14.0. The number of amides is 1. The summed E-state index contributed by atoms with van der Waals surface area (Å²) < 4.78 is 13.4. The molecule has 0 heterocycles. The maximum Gasteiger partial charge on any atom is 0.240 e. The number of hydrogen-bond acceptors (Lipinski definition) is 2. The molecule has 1 amide bonds. The van der Waals surface area contributed by atoms with Gasteiger partial charge in [0.1, 0.15) is 5.82 Å². The SMILES string of the molecule is Cc1ccc(CNC(=O)C2(N)CCCCC2)cc1F.